The summed E-state index contributed by atoms with van der Waals surface area (Å²) in [6.07, 6.45) is -6.02. The molecule has 7 N–H and O–H groups in total. The van der Waals surface area contributed by atoms with E-state index in [1.807, 2.05) is 13.0 Å². The molecular formula is C26H36O11. The van der Waals surface area contributed by atoms with Gasteiger partial charge in [-0.15, -0.1) is 0 Å². The van der Waals surface area contributed by atoms with Crippen LogP contribution in [0.15, 0.2) is 16.7 Å². The predicted octanol–water partition coefficient (Wildman–Crippen LogP) is -0.955. The molecule has 4 fully saturated rings. The second-order valence-corrected chi connectivity index (χ2v) is 12.2. The van der Waals surface area contributed by atoms with Crippen LogP contribution in [0.4, 0.5) is 0 Å². The van der Waals surface area contributed by atoms with Gasteiger partial charge in [0, 0.05) is 17.4 Å². The van der Waals surface area contributed by atoms with E-state index in [1.165, 1.54) is 6.26 Å². The molecule has 4 aliphatic carbocycles. The Morgan fingerprint density at radius 3 is 2.62 bits per heavy atom. The second-order valence-electron chi connectivity index (χ2n) is 12.2. The summed E-state index contributed by atoms with van der Waals surface area (Å²) in [5.74, 6) is -0.732. The maximum atomic E-state index is 13.0. The minimum Gasteiger partial charge on any atom is -0.461 e. The third-order valence-electron chi connectivity index (χ3n) is 10.5. The molecule has 1 spiro atoms. The first-order valence-corrected chi connectivity index (χ1v) is 13.1. The second kappa shape index (κ2) is 8.54. The van der Waals surface area contributed by atoms with Crippen molar-refractivity contribution in [2.24, 2.45) is 22.7 Å². The summed E-state index contributed by atoms with van der Waals surface area (Å²) in [6, 6.07) is 1.82. The van der Waals surface area contributed by atoms with Gasteiger partial charge < -0.3 is 49.6 Å². The van der Waals surface area contributed by atoms with Crippen LogP contribution in [-0.2, 0) is 9.47 Å². The van der Waals surface area contributed by atoms with Gasteiger partial charge in [-0.2, -0.15) is 0 Å². The number of aliphatic hydroxyl groups excluding tert-OH is 6. The third-order valence-corrected chi connectivity index (χ3v) is 10.5. The molecule has 6 rings (SSSR count). The fraction of sp³-hybridized carbons (Fsp3) is 0.808. The maximum absolute atomic E-state index is 13.0. The first-order valence-electron chi connectivity index (χ1n) is 13.1. The summed E-state index contributed by atoms with van der Waals surface area (Å²) in [5, 5.41) is 74.9. The van der Waals surface area contributed by atoms with Gasteiger partial charge in [-0.25, -0.2) is 0 Å². The van der Waals surface area contributed by atoms with E-state index in [1.54, 1.807) is 0 Å². The molecule has 1 aliphatic heterocycles. The molecule has 11 heteroatoms. The summed E-state index contributed by atoms with van der Waals surface area (Å²) < 4.78 is 16.6. The van der Waals surface area contributed by atoms with Crippen molar-refractivity contribution < 1.29 is 54.4 Å². The maximum Gasteiger partial charge on any atom is 0.198 e. The lowest BCUT2D eigenvalue weighted by molar-refractivity contribution is -0.313. The van der Waals surface area contributed by atoms with Crippen LogP contribution < -0.4 is 0 Å². The van der Waals surface area contributed by atoms with Gasteiger partial charge in [0.05, 0.1) is 31.7 Å². The third kappa shape index (κ3) is 3.36. The SMILES string of the molecule is CC12CC(=O)c3occc3C1CCC13CC(CC(O)C21)C(O)(COC1OC(CO)C(O)C(O)C1O)C3O. The fourth-order valence-corrected chi connectivity index (χ4v) is 8.92. The van der Waals surface area contributed by atoms with Crippen LogP contribution >= 0.6 is 0 Å². The zero-order valence-corrected chi connectivity index (χ0v) is 20.6. The van der Waals surface area contributed by atoms with Gasteiger partial charge in [-0.3, -0.25) is 4.79 Å². The molecule has 13 unspecified atom stereocenters. The van der Waals surface area contributed by atoms with Gasteiger partial charge >= 0.3 is 0 Å². The Bertz CT molecular complexity index is 1060. The Labute approximate surface area is 213 Å². The quantitative estimate of drug-likeness (QED) is 0.257. The van der Waals surface area contributed by atoms with Gasteiger partial charge in [0.1, 0.15) is 30.0 Å². The number of carbonyl (C=O) groups is 1. The highest BCUT2D eigenvalue weighted by atomic mass is 16.7. The molecule has 2 bridgehead atoms. The van der Waals surface area contributed by atoms with Crippen LogP contribution in [0, 0.1) is 22.7 Å². The number of Topliss-reactive ketones (excluding diaryl/α,β-unsaturated/α-hetero) is 1. The van der Waals surface area contributed by atoms with Crippen molar-refractivity contribution in [3.8, 4) is 0 Å². The van der Waals surface area contributed by atoms with Crippen molar-refractivity contribution in [3.05, 3.63) is 23.7 Å². The Hall–Kier alpha value is -1.41. The summed E-state index contributed by atoms with van der Waals surface area (Å²) in [4.78, 5) is 13.0. The fourth-order valence-electron chi connectivity index (χ4n) is 8.92. The average molecular weight is 525 g/mol. The smallest absolute Gasteiger partial charge is 0.198 e. The number of ether oxygens (including phenoxy) is 2. The highest BCUT2D eigenvalue weighted by molar-refractivity contribution is 5.97. The van der Waals surface area contributed by atoms with Gasteiger partial charge in [0.25, 0.3) is 0 Å². The van der Waals surface area contributed by atoms with E-state index in [-0.39, 0.29) is 24.5 Å². The lowest BCUT2D eigenvalue weighted by Gasteiger charge is -2.61. The molecule has 0 radical (unpaired) electrons. The summed E-state index contributed by atoms with van der Waals surface area (Å²) in [6.45, 7) is 0.928. The minimum absolute atomic E-state index is 0.0213. The Balaban J connectivity index is 1.28. The van der Waals surface area contributed by atoms with Crippen molar-refractivity contribution in [1.29, 1.82) is 0 Å². The molecule has 37 heavy (non-hydrogen) atoms. The highest BCUT2D eigenvalue weighted by Gasteiger charge is 2.73. The Morgan fingerprint density at radius 2 is 1.89 bits per heavy atom. The molecule has 3 saturated carbocycles. The topological polar surface area (TPSA) is 190 Å². The van der Waals surface area contributed by atoms with Gasteiger partial charge in [-0.05, 0) is 54.9 Å². The number of furan rings is 1. The molecule has 0 amide bonds. The Morgan fingerprint density at radius 1 is 1.14 bits per heavy atom. The predicted molar refractivity (Wildman–Crippen MR) is 123 cm³/mol. The first-order chi connectivity index (χ1) is 17.5. The van der Waals surface area contributed by atoms with E-state index in [2.05, 4.69) is 0 Å². The first kappa shape index (κ1) is 25.8. The molecule has 1 aromatic rings. The molecule has 0 aromatic carbocycles. The van der Waals surface area contributed by atoms with Crippen LogP contribution in [0.2, 0.25) is 0 Å². The zero-order chi connectivity index (χ0) is 26.5. The van der Waals surface area contributed by atoms with Crippen LogP contribution in [0.3, 0.4) is 0 Å². The Kier molecular flexibility index (Phi) is 5.97. The lowest BCUT2D eigenvalue weighted by Crippen LogP contribution is -2.61. The van der Waals surface area contributed by atoms with E-state index in [4.69, 9.17) is 13.9 Å². The van der Waals surface area contributed by atoms with Crippen molar-refractivity contribution in [2.45, 2.75) is 93.5 Å². The molecular weight excluding hydrogens is 488 g/mol. The van der Waals surface area contributed by atoms with E-state index in [0.717, 1.165) is 5.56 Å². The average Bonchev–Trinajstić information content (AvgIpc) is 3.40. The number of hydrogen-bond donors (Lipinski definition) is 7. The van der Waals surface area contributed by atoms with Gasteiger partial charge in [0.2, 0.25) is 0 Å². The van der Waals surface area contributed by atoms with E-state index in [9.17, 15) is 40.5 Å². The standard InChI is InChI=1S/C26H36O11/c1-24-8-15(29)20-12(3-5-35-20)13(24)2-4-25-7-11(6-14(28)21(24)25)26(34,23(25)33)10-36-22-19(32)18(31)17(30)16(9-27)37-22/h3,5,11,13-14,16-19,21-23,27-28,30-34H,2,4,6-10H2,1H3. The van der Waals surface area contributed by atoms with Crippen LogP contribution in [-0.4, -0.2) is 103 Å². The molecule has 11 nitrogen and oxygen atoms in total. The number of aliphatic hydroxyl groups is 7. The van der Waals surface area contributed by atoms with Crippen molar-refractivity contribution >= 4 is 5.78 Å². The number of ketones is 1. The molecule has 13 atom stereocenters. The molecule has 1 saturated heterocycles. The van der Waals surface area contributed by atoms with E-state index >= 15 is 0 Å². The van der Waals surface area contributed by atoms with Crippen molar-refractivity contribution in [1.82, 2.24) is 0 Å². The minimum atomic E-state index is -1.78. The van der Waals surface area contributed by atoms with Gasteiger partial charge in [0.15, 0.2) is 17.8 Å². The zero-order valence-electron chi connectivity index (χ0n) is 20.6. The molecule has 1 aromatic heterocycles. The lowest BCUT2D eigenvalue weighted by atomic mass is 9.43. The van der Waals surface area contributed by atoms with Gasteiger partial charge in [-0.1, -0.05) is 6.92 Å². The highest BCUT2D eigenvalue weighted by Crippen LogP contribution is 2.72. The molecule has 2 heterocycles. The summed E-state index contributed by atoms with van der Waals surface area (Å²) in [7, 11) is 0. The van der Waals surface area contributed by atoms with Crippen molar-refractivity contribution in [3.63, 3.8) is 0 Å². The van der Waals surface area contributed by atoms with Crippen LogP contribution in [0.25, 0.3) is 0 Å². The number of hydrogen-bond acceptors (Lipinski definition) is 11. The number of fused-ring (bicyclic) bond motifs is 5. The normalized spacial score (nSPS) is 52.9. The summed E-state index contributed by atoms with van der Waals surface area (Å²) >= 11 is 0. The van der Waals surface area contributed by atoms with E-state index < -0.39 is 84.4 Å². The number of carbonyl (C=O) groups excluding carboxylic acids is 1. The van der Waals surface area contributed by atoms with Crippen LogP contribution in [0.1, 0.15) is 61.1 Å². The number of rotatable bonds is 4. The summed E-state index contributed by atoms with van der Waals surface area (Å²) in [5.41, 5.74) is -2.42. The van der Waals surface area contributed by atoms with Crippen molar-refractivity contribution in [2.75, 3.05) is 13.2 Å². The molecule has 5 aliphatic rings. The molecule has 206 valence electrons. The van der Waals surface area contributed by atoms with E-state index in [0.29, 0.717) is 25.0 Å². The largest absolute Gasteiger partial charge is 0.461 e. The monoisotopic (exact) mass is 524 g/mol. The van der Waals surface area contributed by atoms with Crippen LogP contribution in [0.5, 0.6) is 0 Å².